The van der Waals surface area contributed by atoms with Gasteiger partial charge in [-0.1, -0.05) is 78.7 Å². The minimum Gasteiger partial charge on any atom is -0.469 e. The van der Waals surface area contributed by atoms with E-state index in [0.717, 1.165) is 19.3 Å². The van der Waals surface area contributed by atoms with Gasteiger partial charge in [-0.2, -0.15) is 0 Å². The maximum atomic E-state index is 11.8. The number of hydrogen-bond donors (Lipinski definition) is 0. The smallest absolute Gasteiger partial charge is 0.305 e. The number of ether oxygens (including phenoxy) is 2. The molecule has 0 spiro atoms. The molecule has 0 bridgehead atoms. The molecule has 0 aromatic carbocycles. The highest BCUT2D eigenvalue weighted by atomic mass is 28.4. The lowest BCUT2D eigenvalue weighted by Gasteiger charge is -2.59. The van der Waals surface area contributed by atoms with E-state index in [1.165, 1.54) is 44.8 Å². The van der Waals surface area contributed by atoms with Crippen LogP contribution >= 0.6 is 0 Å². The molecule has 7 heteroatoms. The molecule has 0 aromatic rings. The topological polar surface area (TPSA) is 54.0 Å². The van der Waals surface area contributed by atoms with Crippen molar-refractivity contribution in [2.75, 3.05) is 14.2 Å². The first-order chi connectivity index (χ1) is 19.4. The van der Waals surface area contributed by atoms with Crippen LogP contribution in [0.15, 0.2) is 11.6 Å². The van der Waals surface area contributed by atoms with Crippen LogP contribution in [0.25, 0.3) is 0 Å². The van der Waals surface area contributed by atoms with Crippen LogP contribution in [0.5, 0.6) is 0 Å². The number of allylic oxidation sites excluding steroid dienone is 1. The van der Waals surface area contributed by atoms with Crippen LogP contribution in [0, 0.1) is 29.6 Å². The van der Waals surface area contributed by atoms with Gasteiger partial charge in [-0.25, -0.2) is 0 Å². The molecule has 0 heterocycles. The molecule has 0 amide bonds. The van der Waals surface area contributed by atoms with E-state index in [4.69, 9.17) is 18.3 Å². The number of methoxy groups -OCH3 is 2. The highest BCUT2D eigenvalue weighted by Gasteiger charge is 2.59. The summed E-state index contributed by atoms with van der Waals surface area (Å²) < 4.78 is 25.5. The second-order valence-electron chi connectivity index (χ2n) is 16.2. The molecule has 0 saturated heterocycles. The number of carbonyl (C=O) groups excluding carboxylic acids is 1. The van der Waals surface area contributed by atoms with Crippen molar-refractivity contribution < 1.29 is 23.1 Å². The highest BCUT2D eigenvalue weighted by molar-refractivity contribution is 6.74. The van der Waals surface area contributed by atoms with Crippen molar-refractivity contribution in [1.29, 1.82) is 0 Å². The maximum absolute atomic E-state index is 11.8. The van der Waals surface area contributed by atoms with Gasteiger partial charge < -0.3 is 18.3 Å². The summed E-state index contributed by atoms with van der Waals surface area (Å²) in [4.78, 5) is 11.8. The average Bonchev–Trinajstić information content (AvgIpc) is 2.89. The van der Waals surface area contributed by atoms with Crippen LogP contribution in [0.2, 0.25) is 36.3 Å². The number of hydrogen-bond acceptors (Lipinski definition) is 5. The molecular formula is C35H62O5Si2. The van der Waals surface area contributed by atoms with Crippen LogP contribution in [0.1, 0.15) is 106 Å². The Labute approximate surface area is 260 Å². The Morgan fingerprint density at radius 2 is 1.60 bits per heavy atom. The Bertz CT molecular complexity index is 1020. The fraction of sp³-hybridized carbons (Fsp3) is 0.857. The second-order valence-corrected chi connectivity index (χ2v) is 25.7. The molecule has 5 atom stereocenters. The third kappa shape index (κ3) is 7.83. The lowest BCUT2D eigenvalue weighted by atomic mass is 9.53. The van der Waals surface area contributed by atoms with Crippen molar-refractivity contribution in [1.82, 2.24) is 0 Å². The lowest BCUT2D eigenvalue weighted by molar-refractivity contribution is -0.140. The number of rotatable bonds is 9. The third-order valence-corrected chi connectivity index (χ3v) is 20.5. The van der Waals surface area contributed by atoms with Gasteiger partial charge in [0.1, 0.15) is 6.10 Å². The van der Waals surface area contributed by atoms with Gasteiger partial charge in [-0.3, -0.25) is 4.79 Å². The standard InChI is InChI=1S/C35H62O5Si2/c1-33(2,3)41(9,10)39-30(26-17-14-13-15-18-26)22-21-28-29-25-27(19-16-20-32(36)37-7)35(29,38-8)24-23-31(28)40-42(11,12)34(4,5)6/h19,26,28-31H,13-18,20,23-25H2,1-12H3/t28-,29-,30?,31-,35+/m0/s1. The lowest BCUT2D eigenvalue weighted by Crippen LogP contribution is -2.61. The SMILES string of the molecule is COC(=O)CCC=C1C[C@H]2[C@H](C#CC(O[Si](C)(C)C(C)(C)C)C3CCCCC3)[C@@H](O[Si](C)(C)C(C)(C)C)CC[C@@]12OC. The molecule has 3 fully saturated rings. The van der Waals surface area contributed by atoms with Gasteiger partial charge in [0.15, 0.2) is 16.6 Å². The van der Waals surface area contributed by atoms with E-state index in [2.05, 4.69) is 85.6 Å². The monoisotopic (exact) mass is 618 g/mol. The van der Waals surface area contributed by atoms with E-state index < -0.39 is 16.6 Å². The van der Waals surface area contributed by atoms with Crippen molar-refractivity contribution >= 4 is 22.6 Å². The molecule has 3 aliphatic carbocycles. The van der Waals surface area contributed by atoms with E-state index >= 15 is 0 Å². The van der Waals surface area contributed by atoms with Gasteiger partial charge in [-0.15, -0.1) is 0 Å². The van der Waals surface area contributed by atoms with Crippen molar-refractivity contribution in [2.45, 2.75) is 160 Å². The Kier molecular flexibility index (Phi) is 11.5. The van der Waals surface area contributed by atoms with Crippen molar-refractivity contribution in [2.24, 2.45) is 17.8 Å². The minimum atomic E-state index is -2.00. The zero-order chi connectivity index (χ0) is 31.6. The van der Waals surface area contributed by atoms with Gasteiger partial charge >= 0.3 is 5.97 Å². The first-order valence-electron chi connectivity index (χ1n) is 16.6. The molecule has 5 nitrogen and oxygen atoms in total. The molecule has 3 saturated carbocycles. The zero-order valence-electron chi connectivity index (χ0n) is 29.1. The van der Waals surface area contributed by atoms with Crippen LogP contribution in [0.3, 0.4) is 0 Å². The Morgan fingerprint density at radius 3 is 2.14 bits per heavy atom. The van der Waals surface area contributed by atoms with E-state index in [9.17, 15) is 4.79 Å². The second kappa shape index (κ2) is 13.6. The fourth-order valence-electron chi connectivity index (χ4n) is 6.58. The number of esters is 1. The van der Waals surface area contributed by atoms with E-state index in [1.807, 2.05) is 7.11 Å². The number of carbonyl (C=O) groups is 1. The Hall–Kier alpha value is -0.916. The summed E-state index contributed by atoms with van der Waals surface area (Å²) in [6.45, 7) is 23.4. The molecular weight excluding hydrogens is 557 g/mol. The molecule has 0 radical (unpaired) electrons. The molecule has 1 unspecified atom stereocenters. The van der Waals surface area contributed by atoms with Crippen LogP contribution in [-0.2, 0) is 23.1 Å². The quantitative estimate of drug-likeness (QED) is 0.112. The van der Waals surface area contributed by atoms with Gasteiger partial charge in [0, 0.05) is 19.4 Å². The predicted octanol–water partition coefficient (Wildman–Crippen LogP) is 9.05. The van der Waals surface area contributed by atoms with Gasteiger partial charge in [0.05, 0.1) is 24.7 Å². The molecule has 42 heavy (non-hydrogen) atoms. The van der Waals surface area contributed by atoms with E-state index in [1.54, 1.807) is 0 Å². The zero-order valence-corrected chi connectivity index (χ0v) is 31.1. The van der Waals surface area contributed by atoms with Crippen molar-refractivity contribution in [3.05, 3.63) is 11.6 Å². The largest absolute Gasteiger partial charge is 0.469 e. The maximum Gasteiger partial charge on any atom is 0.305 e. The van der Waals surface area contributed by atoms with Gasteiger partial charge in [0.25, 0.3) is 0 Å². The molecule has 0 aromatic heterocycles. The molecule has 3 rings (SSSR count). The van der Waals surface area contributed by atoms with E-state index in [0.29, 0.717) is 18.8 Å². The third-order valence-electron chi connectivity index (χ3n) is 11.5. The summed E-state index contributed by atoms with van der Waals surface area (Å²) in [7, 11) is -0.691. The van der Waals surface area contributed by atoms with Crippen LogP contribution < -0.4 is 0 Å². The summed E-state index contributed by atoms with van der Waals surface area (Å²) in [5.74, 6) is 8.40. The summed E-state index contributed by atoms with van der Waals surface area (Å²) in [6.07, 6.45) is 12.5. The first kappa shape index (κ1) is 35.6. The highest BCUT2D eigenvalue weighted by Crippen LogP contribution is 2.58. The van der Waals surface area contributed by atoms with Gasteiger partial charge in [-0.05, 0) is 86.3 Å². The Balaban J connectivity index is 1.98. The molecule has 0 aliphatic heterocycles. The first-order valence-corrected chi connectivity index (χ1v) is 22.4. The van der Waals surface area contributed by atoms with Crippen molar-refractivity contribution in [3.63, 3.8) is 0 Å². The van der Waals surface area contributed by atoms with Gasteiger partial charge in [0.2, 0.25) is 0 Å². The normalized spacial score (nSPS) is 29.2. The molecule has 3 aliphatic rings. The van der Waals surface area contributed by atoms with E-state index in [-0.39, 0.29) is 45.7 Å². The summed E-state index contributed by atoms with van der Waals surface area (Å²) in [5, 5.41) is 0.277. The summed E-state index contributed by atoms with van der Waals surface area (Å²) in [5.41, 5.74) is 1.00. The fourth-order valence-corrected chi connectivity index (χ4v) is 9.20. The average molecular weight is 619 g/mol. The van der Waals surface area contributed by atoms with Crippen LogP contribution in [0.4, 0.5) is 0 Å². The predicted molar refractivity (Wildman–Crippen MR) is 178 cm³/mol. The number of fused-ring (bicyclic) bond motifs is 1. The Morgan fingerprint density at radius 1 is 0.976 bits per heavy atom. The molecule has 0 N–H and O–H groups in total. The van der Waals surface area contributed by atoms with Crippen molar-refractivity contribution in [3.8, 4) is 11.8 Å². The van der Waals surface area contributed by atoms with Crippen LogP contribution in [-0.4, -0.2) is 54.6 Å². The minimum absolute atomic E-state index is 0.0197. The summed E-state index contributed by atoms with van der Waals surface area (Å²) >= 11 is 0. The molecule has 240 valence electrons. The summed E-state index contributed by atoms with van der Waals surface area (Å²) in [6, 6.07) is 0.